The molecular weight excluding hydrogens is 307 g/mol. The van der Waals surface area contributed by atoms with Crippen molar-refractivity contribution in [1.82, 2.24) is 10.3 Å². The molecule has 0 aliphatic carbocycles. The van der Waals surface area contributed by atoms with Crippen molar-refractivity contribution in [2.75, 3.05) is 6.54 Å². The maximum atomic E-state index is 5.95. The van der Waals surface area contributed by atoms with Gasteiger partial charge in [0.1, 0.15) is 5.75 Å². The number of halogens is 2. The van der Waals surface area contributed by atoms with Crippen molar-refractivity contribution in [3.05, 3.63) is 52.1 Å². The van der Waals surface area contributed by atoms with Gasteiger partial charge in [0.05, 0.1) is 10.0 Å². The van der Waals surface area contributed by atoms with Gasteiger partial charge in [-0.15, -0.1) is 0 Å². The van der Waals surface area contributed by atoms with Crippen molar-refractivity contribution >= 4 is 23.2 Å². The first kappa shape index (κ1) is 16.1. The molecule has 0 saturated carbocycles. The normalized spacial score (nSPS) is 12.2. The first-order chi connectivity index (χ1) is 10.1. The topological polar surface area (TPSA) is 34.1 Å². The summed E-state index contributed by atoms with van der Waals surface area (Å²) in [6.45, 7) is 5.25. The predicted molar refractivity (Wildman–Crippen MR) is 87.5 cm³/mol. The van der Waals surface area contributed by atoms with Crippen molar-refractivity contribution in [1.29, 1.82) is 0 Å². The van der Waals surface area contributed by atoms with Crippen molar-refractivity contribution in [3.63, 3.8) is 0 Å². The summed E-state index contributed by atoms with van der Waals surface area (Å²) in [6.07, 6.45) is 2.93. The van der Waals surface area contributed by atoms with Crippen LogP contribution in [0.4, 0.5) is 0 Å². The zero-order valence-corrected chi connectivity index (χ0v) is 13.6. The number of rotatable bonds is 6. The van der Waals surface area contributed by atoms with Crippen LogP contribution in [0.15, 0.2) is 36.5 Å². The van der Waals surface area contributed by atoms with Crippen LogP contribution >= 0.6 is 23.2 Å². The van der Waals surface area contributed by atoms with Crippen LogP contribution in [0.5, 0.6) is 11.6 Å². The molecule has 0 saturated heterocycles. The highest BCUT2D eigenvalue weighted by atomic mass is 35.5. The number of hydrogen-bond acceptors (Lipinski definition) is 3. The maximum Gasteiger partial charge on any atom is 0.219 e. The molecule has 0 spiro atoms. The van der Waals surface area contributed by atoms with E-state index < -0.39 is 0 Å². The quantitative estimate of drug-likeness (QED) is 0.788. The lowest BCUT2D eigenvalue weighted by Crippen LogP contribution is -2.19. The summed E-state index contributed by atoms with van der Waals surface area (Å²) >= 11 is 11.8. The number of nitrogens with one attached hydrogen (secondary N) is 1. The fourth-order valence-corrected chi connectivity index (χ4v) is 2.14. The van der Waals surface area contributed by atoms with Gasteiger partial charge in [-0.1, -0.05) is 36.2 Å². The molecule has 1 N–H and O–H groups in total. The van der Waals surface area contributed by atoms with Crippen LogP contribution in [-0.2, 0) is 0 Å². The van der Waals surface area contributed by atoms with Gasteiger partial charge in [-0.2, -0.15) is 0 Å². The summed E-state index contributed by atoms with van der Waals surface area (Å²) in [5, 5.41) is 4.38. The Kier molecular flexibility index (Phi) is 5.85. The number of ether oxygens (including phenoxy) is 1. The van der Waals surface area contributed by atoms with Crippen LogP contribution in [0.3, 0.4) is 0 Å². The first-order valence-electron chi connectivity index (χ1n) is 6.92. The second kappa shape index (κ2) is 7.64. The van der Waals surface area contributed by atoms with Crippen LogP contribution in [0.2, 0.25) is 10.0 Å². The van der Waals surface area contributed by atoms with E-state index >= 15 is 0 Å². The van der Waals surface area contributed by atoms with Crippen molar-refractivity contribution in [2.45, 2.75) is 26.3 Å². The molecular formula is C16H18Cl2N2O. The number of benzene rings is 1. The number of nitrogens with zero attached hydrogens (tertiary/aromatic N) is 1. The second-order valence-electron chi connectivity index (χ2n) is 4.78. The molecule has 1 unspecified atom stereocenters. The van der Waals surface area contributed by atoms with Gasteiger partial charge in [0.2, 0.25) is 5.88 Å². The van der Waals surface area contributed by atoms with Crippen LogP contribution in [0, 0.1) is 0 Å². The first-order valence-corrected chi connectivity index (χ1v) is 7.68. The van der Waals surface area contributed by atoms with E-state index in [-0.39, 0.29) is 6.04 Å². The third kappa shape index (κ3) is 4.60. The van der Waals surface area contributed by atoms with E-state index in [1.807, 2.05) is 18.3 Å². The maximum absolute atomic E-state index is 5.95. The van der Waals surface area contributed by atoms with Crippen molar-refractivity contribution in [3.8, 4) is 11.6 Å². The number of pyridine rings is 1. The summed E-state index contributed by atoms with van der Waals surface area (Å²) in [4.78, 5) is 4.32. The lowest BCUT2D eigenvalue weighted by Gasteiger charge is -2.13. The molecule has 1 aromatic heterocycles. The SMILES string of the molecule is CCCNC(C)c1ccc(Oc2ccc(Cl)c(Cl)c2)nc1. The van der Waals surface area contributed by atoms with Gasteiger partial charge < -0.3 is 10.1 Å². The minimum atomic E-state index is 0.275. The Morgan fingerprint density at radius 3 is 2.62 bits per heavy atom. The minimum absolute atomic E-state index is 0.275. The Morgan fingerprint density at radius 2 is 2.00 bits per heavy atom. The predicted octanol–water partition coefficient (Wildman–Crippen LogP) is 5.24. The minimum Gasteiger partial charge on any atom is -0.439 e. The zero-order valence-electron chi connectivity index (χ0n) is 12.1. The Bertz CT molecular complexity index is 587. The molecule has 1 atom stereocenters. The smallest absolute Gasteiger partial charge is 0.219 e. The average molecular weight is 325 g/mol. The highest BCUT2D eigenvalue weighted by Gasteiger charge is 2.06. The van der Waals surface area contributed by atoms with Gasteiger partial charge in [-0.3, -0.25) is 0 Å². The Labute approximate surface area is 135 Å². The Balaban J connectivity index is 2.03. The zero-order chi connectivity index (χ0) is 15.2. The van der Waals surface area contributed by atoms with Crippen LogP contribution < -0.4 is 10.1 Å². The van der Waals surface area contributed by atoms with E-state index in [1.165, 1.54) is 0 Å². The van der Waals surface area contributed by atoms with E-state index in [0.29, 0.717) is 21.7 Å². The number of hydrogen-bond donors (Lipinski definition) is 1. The van der Waals surface area contributed by atoms with E-state index in [4.69, 9.17) is 27.9 Å². The van der Waals surface area contributed by atoms with E-state index in [1.54, 1.807) is 18.2 Å². The molecule has 0 aliphatic rings. The van der Waals surface area contributed by atoms with Crippen molar-refractivity contribution < 1.29 is 4.74 Å². The number of aromatic nitrogens is 1. The van der Waals surface area contributed by atoms with Gasteiger partial charge >= 0.3 is 0 Å². The molecule has 1 aromatic carbocycles. The molecule has 2 aromatic rings. The van der Waals surface area contributed by atoms with Crippen LogP contribution in [0.25, 0.3) is 0 Å². The molecule has 1 heterocycles. The summed E-state index contributed by atoms with van der Waals surface area (Å²) in [5.74, 6) is 1.14. The third-order valence-electron chi connectivity index (χ3n) is 3.07. The Hall–Kier alpha value is -1.29. The van der Waals surface area contributed by atoms with Gasteiger partial charge in [-0.05, 0) is 37.6 Å². The van der Waals surface area contributed by atoms with E-state index in [0.717, 1.165) is 18.5 Å². The monoisotopic (exact) mass is 324 g/mol. The fourth-order valence-electron chi connectivity index (χ4n) is 1.85. The van der Waals surface area contributed by atoms with Gasteiger partial charge in [0, 0.05) is 24.4 Å². The molecule has 21 heavy (non-hydrogen) atoms. The summed E-state index contributed by atoms with van der Waals surface area (Å²) in [6, 6.07) is 9.26. The van der Waals surface area contributed by atoms with Gasteiger partial charge in [0.25, 0.3) is 0 Å². The lowest BCUT2D eigenvalue weighted by molar-refractivity contribution is 0.461. The van der Waals surface area contributed by atoms with Crippen molar-refractivity contribution in [2.24, 2.45) is 0 Å². The van der Waals surface area contributed by atoms with Gasteiger partial charge in [0.15, 0.2) is 0 Å². The van der Waals surface area contributed by atoms with E-state index in [2.05, 4.69) is 24.1 Å². The van der Waals surface area contributed by atoms with E-state index in [9.17, 15) is 0 Å². The second-order valence-corrected chi connectivity index (χ2v) is 5.60. The standard InChI is InChI=1S/C16H18Cl2N2O/c1-3-8-19-11(2)12-4-7-16(20-10-12)21-13-5-6-14(17)15(18)9-13/h4-7,9-11,19H,3,8H2,1-2H3. The summed E-state index contributed by atoms with van der Waals surface area (Å²) < 4.78 is 5.66. The third-order valence-corrected chi connectivity index (χ3v) is 3.81. The highest BCUT2D eigenvalue weighted by Crippen LogP contribution is 2.29. The van der Waals surface area contributed by atoms with Crippen LogP contribution in [0.1, 0.15) is 31.9 Å². The molecule has 0 radical (unpaired) electrons. The molecule has 5 heteroatoms. The molecule has 0 fully saturated rings. The molecule has 0 amide bonds. The highest BCUT2D eigenvalue weighted by molar-refractivity contribution is 6.42. The molecule has 0 aliphatic heterocycles. The molecule has 112 valence electrons. The molecule has 3 nitrogen and oxygen atoms in total. The fraction of sp³-hybridized carbons (Fsp3) is 0.312. The summed E-state index contributed by atoms with van der Waals surface area (Å²) in [7, 11) is 0. The summed E-state index contributed by atoms with van der Waals surface area (Å²) in [5.41, 5.74) is 1.13. The largest absolute Gasteiger partial charge is 0.439 e. The molecule has 0 bridgehead atoms. The lowest BCUT2D eigenvalue weighted by atomic mass is 10.1. The van der Waals surface area contributed by atoms with Gasteiger partial charge in [-0.25, -0.2) is 4.98 Å². The average Bonchev–Trinajstić information content (AvgIpc) is 2.49. The molecule has 2 rings (SSSR count). The Morgan fingerprint density at radius 1 is 1.19 bits per heavy atom. The van der Waals surface area contributed by atoms with Crippen LogP contribution in [-0.4, -0.2) is 11.5 Å².